The third kappa shape index (κ3) is 3.38. The maximum absolute atomic E-state index is 12.2. The Morgan fingerprint density at radius 1 is 1.26 bits per heavy atom. The Balaban J connectivity index is 1.95. The topological polar surface area (TPSA) is 88.7 Å². The summed E-state index contributed by atoms with van der Waals surface area (Å²) >= 11 is 6.19. The quantitative estimate of drug-likeness (QED) is 0.604. The van der Waals surface area contributed by atoms with Crippen molar-refractivity contribution in [3.63, 3.8) is 0 Å². The summed E-state index contributed by atoms with van der Waals surface area (Å²) in [6, 6.07) is 11.2. The van der Waals surface area contributed by atoms with E-state index in [-0.39, 0.29) is 5.69 Å². The fourth-order valence-corrected chi connectivity index (χ4v) is 2.59. The van der Waals surface area contributed by atoms with Crippen LogP contribution < -0.4 is 16.7 Å². The lowest BCUT2D eigenvalue weighted by atomic mass is 10.2. The Bertz CT molecular complexity index is 870. The van der Waals surface area contributed by atoms with Crippen molar-refractivity contribution < 1.29 is 0 Å². The second-order valence-corrected chi connectivity index (χ2v) is 5.65. The molecule has 0 saturated heterocycles. The number of aromatic nitrogens is 3. The standard InChI is InChI=1S/C16H18ClN5O/c17-12-5-2-1-4-11(12)10-22-15-13(20-16(22)23)6-7-14(21-15)19-9-3-8-18/h1-2,4-7H,3,8-10,18H2,(H,19,21)(H,20,23). The van der Waals surface area contributed by atoms with Gasteiger partial charge in [0.15, 0.2) is 5.65 Å². The van der Waals surface area contributed by atoms with Crippen LogP contribution in [0.1, 0.15) is 12.0 Å². The van der Waals surface area contributed by atoms with Gasteiger partial charge >= 0.3 is 5.69 Å². The highest BCUT2D eigenvalue weighted by molar-refractivity contribution is 6.31. The van der Waals surface area contributed by atoms with Crippen LogP contribution in [0.2, 0.25) is 5.02 Å². The first-order valence-electron chi connectivity index (χ1n) is 7.46. The molecular formula is C16H18ClN5O. The van der Waals surface area contributed by atoms with Crippen LogP contribution in [0.25, 0.3) is 11.2 Å². The molecular weight excluding hydrogens is 314 g/mol. The van der Waals surface area contributed by atoms with E-state index >= 15 is 0 Å². The molecule has 3 rings (SSSR count). The van der Waals surface area contributed by atoms with Crippen LogP contribution in [-0.4, -0.2) is 27.6 Å². The molecule has 0 aliphatic carbocycles. The molecule has 0 unspecified atom stereocenters. The van der Waals surface area contributed by atoms with E-state index in [1.807, 2.05) is 36.4 Å². The number of imidazole rings is 1. The lowest BCUT2D eigenvalue weighted by Gasteiger charge is -2.07. The Morgan fingerprint density at radius 2 is 2.09 bits per heavy atom. The van der Waals surface area contributed by atoms with E-state index in [0.29, 0.717) is 29.3 Å². The lowest BCUT2D eigenvalue weighted by molar-refractivity contribution is 0.778. The molecule has 0 radical (unpaired) electrons. The van der Waals surface area contributed by atoms with Crippen LogP contribution in [0.5, 0.6) is 0 Å². The SMILES string of the molecule is NCCCNc1ccc2[nH]c(=O)n(Cc3ccccc3Cl)c2n1. The maximum Gasteiger partial charge on any atom is 0.327 e. The summed E-state index contributed by atoms with van der Waals surface area (Å²) in [5.74, 6) is 0.720. The fraction of sp³-hybridized carbons (Fsp3) is 0.250. The number of nitrogens with two attached hydrogens (primary N) is 1. The predicted molar refractivity (Wildman–Crippen MR) is 93.1 cm³/mol. The highest BCUT2D eigenvalue weighted by Crippen LogP contribution is 2.18. The number of halogens is 1. The Hall–Kier alpha value is -2.31. The van der Waals surface area contributed by atoms with Gasteiger partial charge in [-0.2, -0.15) is 0 Å². The van der Waals surface area contributed by atoms with E-state index in [1.165, 1.54) is 0 Å². The largest absolute Gasteiger partial charge is 0.370 e. The minimum absolute atomic E-state index is 0.202. The Kier molecular flexibility index (Phi) is 4.64. The summed E-state index contributed by atoms with van der Waals surface area (Å²) in [6.07, 6.45) is 0.860. The molecule has 0 saturated carbocycles. The van der Waals surface area contributed by atoms with Gasteiger partial charge in [-0.1, -0.05) is 29.8 Å². The van der Waals surface area contributed by atoms with Gasteiger partial charge in [0.25, 0.3) is 0 Å². The van der Waals surface area contributed by atoms with E-state index in [9.17, 15) is 4.79 Å². The van der Waals surface area contributed by atoms with Gasteiger partial charge in [0, 0.05) is 11.6 Å². The number of hydrogen-bond donors (Lipinski definition) is 3. The summed E-state index contributed by atoms with van der Waals surface area (Å²) in [5.41, 5.74) is 7.47. The molecule has 0 aliphatic rings. The monoisotopic (exact) mass is 331 g/mol. The van der Waals surface area contributed by atoms with Gasteiger partial charge in [0.05, 0.1) is 12.1 Å². The molecule has 7 heteroatoms. The van der Waals surface area contributed by atoms with E-state index in [2.05, 4.69) is 15.3 Å². The fourth-order valence-electron chi connectivity index (χ4n) is 2.39. The number of nitrogens with zero attached hydrogens (tertiary/aromatic N) is 2. The molecule has 6 nitrogen and oxygen atoms in total. The third-order valence-corrected chi connectivity index (χ3v) is 3.96. The zero-order valence-electron chi connectivity index (χ0n) is 12.6. The van der Waals surface area contributed by atoms with Crippen molar-refractivity contribution in [1.29, 1.82) is 0 Å². The van der Waals surface area contributed by atoms with E-state index in [4.69, 9.17) is 17.3 Å². The normalized spacial score (nSPS) is 11.0. The number of nitrogens with one attached hydrogen (secondary N) is 2. The number of aromatic amines is 1. The lowest BCUT2D eigenvalue weighted by Crippen LogP contribution is -2.18. The average Bonchev–Trinajstić information content (AvgIpc) is 2.85. The molecule has 1 aromatic carbocycles. The van der Waals surface area contributed by atoms with Crippen molar-refractivity contribution in [2.45, 2.75) is 13.0 Å². The molecule has 2 aromatic heterocycles. The van der Waals surface area contributed by atoms with Gasteiger partial charge < -0.3 is 16.0 Å². The van der Waals surface area contributed by atoms with Gasteiger partial charge in [-0.25, -0.2) is 9.78 Å². The summed E-state index contributed by atoms with van der Waals surface area (Å²) in [7, 11) is 0. The number of H-pyrrole nitrogens is 1. The van der Waals surface area contributed by atoms with Crippen molar-refractivity contribution in [2.75, 3.05) is 18.4 Å². The smallest absolute Gasteiger partial charge is 0.327 e. The van der Waals surface area contributed by atoms with Crippen LogP contribution in [0.4, 0.5) is 5.82 Å². The first-order chi connectivity index (χ1) is 11.2. The highest BCUT2D eigenvalue weighted by Gasteiger charge is 2.11. The molecule has 0 fully saturated rings. The second kappa shape index (κ2) is 6.85. The van der Waals surface area contributed by atoms with E-state index in [0.717, 1.165) is 24.3 Å². The van der Waals surface area contributed by atoms with Gasteiger partial charge in [0.2, 0.25) is 0 Å². The summed E-state index contributed by atoms with van der Waals surface area (Å²) < 4.78 is 1.59. The summed E-state index contributed by atoms with van der Waals surface area (Å²) in [6.45, 7) is 1.74. The number of pyridine rings is 1. The molecule has 0 aliphatic heterocycles. The Morgan fingerprint density at radius 3 is 2.87 bits per heavy atom. The molecule has 0 atom stereocenters. The molecule has 23 heavy (non-hydrogen) atoms. The first-order valence-corrected chi connectivity index (χ1v) is 7.84. The van der Waals surface area contributed by atoms with Crippen LogP contribution in [-0.2, 0) is 6.54 Å². The number of rotatable bonds is 6. The summed E-state index contributed by atoms with van der Waals surface area (Å²) in [5, 5.41) is 3.83. The molecule has 4 N–H and O–H groups in total. The number of hydrogen-bond acceptors (Lipinski definition) is 4. The van der Waals surface area contributed by atoms with Crippen LogP contribution in [0, 0.1) is 0 Å². The zero-order chi connectivity index (χ0) is 16.2. The van der Waals surface area contributed by atoms with E-state index < -0.39 is 0 Å². The van der Waals surface area contributed by atoms with Gasteiger partial charge in [-0.3, -0.25) is 4.57 Å². The minimum Gasteiger partial charge on any atom is -0.370 e. The average molecular weight is 332 g/mol. The molecule has 0 amide bonds. The molecule has 0 spiro atoms. The first kappa shape index (κ1) is 15.6. The number of anilines is 1. The van der Waals surface area contributed by atoms with Gasteiger partial charge in [0.1, 0.15) is 5.82 Å². The molecule has 0 bridgehead atoms. The predicted octanol–water partition coefficient (Wildman–Crippen LogP) is 2.19. The number of fused-ring (bicyclic) bond motifs is 1. The van der Waals surface area contributed by atoms with Crippen molar-refractivity contribution in [2.24, 2.45) is 5.73 Å². The van der Waals surface area contributed by atoms with Crippen LogP contribution in [0.15, 0.2) is 41.2 Å². The minimum atomic E-state index is -0.202. The Labute approximate surface area is 138 Å². The van der Waals surface area contributed by atoms with Gasteiger partial charge in [-0.15, -0.1) is 0 Å². The highest BCUT2D eigenvalue weighted by atomic mass is 35.5. The van der Waals surface area contributed by atoms with Crippen molar-refractivity contribution in [3.05, 3.63) is 57.5 Å². The summed E-state index contributed by atoms with van der Waals surface area (Å²) in [4.78, 5) is 19.6. The van der Waals surface area contributed by atoms with Gasteiger partial charge in [-0.05, 0) is 36.7 Å². The van der Waals surface area contributed by atoms with Crippen molar-refractivity contribution in [1.82, 2.24) is 14.5 Å². The maximum atomic E-state index is 12.2. The van der Waals surface area contributed by atoms with Crippen molar-refractivity contribution in [3.8, 4) is 0 Å². The second-order valence-electron chi connectivity index (χ2n) is 5.24. The van der Waals surface area contributed by atoms with E-state index in [1.54, 1.807) is 4.57 Å². The van der Waals surface area contributed by atoms with Crippen molar-refractivity contribution >= 4 is 28.6 Å². The molecule has 120 valence electrons. The number of benzene rings is 1. The third-order valence-electron chi connectivity index (χ3n) is 3.59. The zero-order valence-corrected chi connectivity index (χ0v) is 13.3. The molecule has 3 aromatic rings. The molecule has 2 heterocycles. The van der Waals surface area contributed by atoms with Crippen LogP contribution in [0.3, 0.4) is 0 Å². The van der Waals surface area contributed by atoms with Crippen LogP contribution >= 0.6 is 11.6 Å².